The van der Waals surface area contributed by atoms with E-state index in [9.17, 15) is 0 Å². The summed E-state index contributed by atoms with van der Waals surface area (Å²) in [5, 5.41) is 7.82. The van der Waals surface area contributed by atoms with E-state index in [1.54, 1.807) is 0 Å². The van der Waals surface area contributed by atoms with Gasteiger partial charge >= 0.3 is 0 Å². The highest BCUT2D eigenvalue weighted by Gasteiger charge is 2.12. The van der Waals surface area contributed by atoms with Gasteiger partial charge < -0.3 is 5.32 Å². The summed E-state index contributed by atoms with van der Waals surface area (Å²) in [6.45, 7) is 7.37. The molecule has 2 aromatic heterocycles. The maximum Gasteiger partial charge on any atom is 0.158 e. The maximum atomic E-state index is 4.45. The van der Waals surface area contributed by atoms with Crippen molar-refractivity contribution < 1.29 is 0 Å². The fraction of sp³-hybridized carbons (Fsp3) is 0.429. The van der Waals surface area contributed by atoms with E-state index in [1.807, 2.05) is 36.3 Å². The zero-order valence-corrected chi connectivity index (χ0v) is 11.2. The molecule has 1 unspecified atom stereocenters. The summed E-state index contributed by atoms with van der Waals surface area (Å²) in [6.07, 6.45) is 6.78. The van der Waals surface area contributed by atoms with Crippen molar-refractivity contribution in [1.82, 2.24) is 20.1 Å². The lowest BCUT2D eigenvalue weighted by atomic mass is 10.1. The Morgan fingerprint density at radius 1 is 1.44 bits per heavy atom. The van der Waals surface area contributed by atoms with Crippen LogP contribution < -0.4 is 5.32 Å². The van der Waals surface area contributed by atoms with Gasteiger partial charge in [-0.2, -0.15) is 5.10 Å². The van der Waals surface area contributed by atoms with Gasteiger partial charge in [0.25, 0.3) is 0 Å². The van der Waals surface area contributed by atoms with Crippen molar-refractivity contribution in [2.24, 2.45) is 0 Å². The highest BCUT2D eigenvalue weighted by atomic mass is 15.3. The summed E-state index contributed by atoms with van der Waals surface area (Å²) in [7, 11) is 0. The van der Waals surface area contributed by atoms with Crippen LogP contribution in [0.4, 0.5) is 0 Å². The molecule has 0 bridgehead atoms. The van der Waals surface area contributed by atoms with Crippen LogP contribution in [0.2, 0.25) is 0 Å². The molecule has 0 spiro atoms. The van der Waals surface area contributed by atoms with Crippen molar-refractivity contribution in [2.75, 3.05) is 6.54 Å². The lowest BCUT2D eigenvalue weighted by molar-refractivity contribution is 0.564. The molecule has 96 valence electrons. The summed E-state index contributed by atoms with van der Waals surface area (Å²) in [4.78, 5) is 4.45. The number of pyridine rings is 1. The normalized spacial score (nSPS) is 12.6. The second-order valence-corrected chi connectivity index (χ2v) is 4.55. The van der Waals surface area contributed by atoms with Crippen LogP contribution >= 0.6 is 0 Å². The number of nitrogens with one attached hydrogen (secondary N) is 1. The summed E-state index contributed by atoms with van der Waals surface area (Å²) < 4.78 is 1.84. The van der Waals surface area contributed by atoms with Gasteiger partial charge in [-0.25, -0.2) is 9.67 Å². The quantitative estimate of drug-likeness (QED) is 0.879. The molecule has 4 nitrogen and oxygen atoms in total. The Hall–Kier alpha value is -1.68. The third-order valence-electron chi connectivity index (χ3n) is 2.91. The number of aromatic nitrogens is 3. The van der Waals surface area contributed by atoms with Crippen LogP contribution in [-0.4, -0.2) is 21.3 Å². The second-order valence-electron chi connectivity index (χ2n) is 4.55. The van der Waals surface area contributed by atoms with E-state index in [-0.39, 0.29) is 6.04 Å². The fourth-order valence-corrected chi connectivity index (χ4v) is 1.94. The topological polar surface area (TPSA) is 42.7 Å². The van der Waals surface area contributed by atoms with E-state index in [0.29, 0.717) is 0 Å². The monoisotopic (exact) mass is 244 g/mol. The minimum absolute atomic E-state index is 0.276. The van der Waals surface area contributed by atoms with Gasteiger partial charge in [0.05, 0.1) is 6.20 Å². The highest BCUT2D eigenvalue weighted by molar-refractivity contribution is 5.35. The van der Waals surface area contributed by atoms with Crippen molar-refractivity contribution in [1.29, 1.82) is 0 Å². The Kier molecular flexibility index (Phi) is 4.10. The molecule has 18 heavy (non-hydrogen) atoms. The average molecular weight is 244 g/mol. The number of rotatable bonds is 5. The van der Waals surface area contributed by atoms with E-state index in [1.165, 1.54) is 5.56 Å². The minimum Gasteiger partial charge on any atom is -0.310 e. The molecule has 0 aliphatic heterocycles. The molecule has 0 aliphatic carbocycles. The third-order valence-corrected chi connectivity index (χ3v) is 2.91. The van der Waals surface area contributed by atoms with Crippen LogP contribution in [0.25, 0.3) is 5.82 Å². The van der Waals surface area contributed by atoms with Gasteiger partial charge in [-0.05, 0) is 38.4 Å². The van der Waals surface area contributed by atoms with E-state index in [0.717, 1.165) is 24.3 Å². The van der Waals surface area contributed by atoms with Crippen molar-refractivity contribution >= 4 is 0 Å². The van der Waals surface area contributed by atoms with Gasteiger partial charge in [0.2, 0.25) is 0 Å². The molecule has 2 heterocycles. The largest absolute Gasteiger partial charge is 0.310 e. The molecule has 4 heteroatoms. The van der Waals surface area contributed by atoms with E-state index in [2.05, 4.69) is 35.3 Å². The van der Waals surface area contributed by atoms with Crippen LogP contribution in [0.15, 0.2) is 30.7 Å². The lowest BCUT2D eigenvalue weighted by Gasteiger charge is -2.16. The van der Waals surface area contributed by atoms with Gasteiger partial charge in [0.1, 0.15) is 0 Å². The molecule has 2 rings (SSSR count). The molecule has 0 fully saturated rings. The Labute approximate surface area is 108 Å². The number of hydrogen-bond donors (Lipinski definition) is 1. The molecule has 0 amide bonds. The molecule has 0 aromatic carbocycles. The summed E-state index contributed by atoms with van der Waals surface area (Å²) >= 11 is 0. The molecule has 0 aliphatic rings. The van der Waals surface area contributed by atoms with Crippen molar-refractivity contribution in [2.45, 2.75) is 33.2 Å². The van der Waals surface area contributed by atoms with Crippen molar-refractivity contribution in [3.8, 4) is 5.82 Å². The van der Waals surface area contributed by atoms with Gasteiger partial charge in [0, 0.05) is 24.0 Å². The lowest BCUT2D eigenvalue weighted by Crippen LogP contribution is -2.21. The van der Waals surface area contributed by atoms with E-state index < -0.39 is 0 Å². The fourth-order valence-electron chi connectivity index (χ4n) is 1.94. The second kappa shape index (κ2) is 5.78. The van der Waals surface area contributed by atoms with Crippen LogP contribution in [0, 0.1) is 6.92 Å². The van der Waals surface area contributed by atoms with Crippen LogP contribution in [0.5, 0.6) is 0 Å². The Bertz CT molecular complexity index is 504. The van der Waals surface area contributed by atoms with E-state index in [4.69, 9.17) is 0 Å². The SMILES string of the molecule is CCCNC(C)c1cccnc1-n1cc(C)cn1. The van der Waals surface area contributed by atoms with Crippen LogP contribution in [-0.2, 0) is 0 Å². The standard InChI is InChI=1S/C14H20N4/c1-4-7-15-12(3)13-6-5-8-16-14(13)18-10-11(2)9-17-18/h5-6,8-10,12,15H,4,7H2,1-3H3. The van der Waals surface area contributed by atoms with E-state index >= 15 is 0 Å². The molecule has 2 aromatic rings. The Balaban J connectivity index is 2.30. The predicted octanol–water partition coefficient (Wildman–Crippen LogP) is 2.64. The molecular weight excluding hydrogens is 224 g/mol. The van der Waals surface area contributed by atoms with Crippen molar-refractivity contribution in [3.05, 3.63) is 41.9 Å². The smallest absolute Gasteiger partial charge is 0.158 e. The number of nitrogens with zero attached hydrogens (tertiary/aromatic N) is 3. The van der Waals surface area contributed by atoms with Crippen molar-refractivity contribution in [3.63, 3.8) is 0 Å². The number of hydrogen-bond acceptors (Lipinski definition) is 3. The first kappa shape index (κ1) is 12.8. The minimum atomic E-state index is 0.276. The maximum absolute atomic E-state index is 4.45. The number of aryl methyl sites for hydroxylation is 1. The molecular formula is C14H20N4. The molecule has 0 saturated heterocycles. The van der Waals surface area contributed by atoms with Gasteiger partial charge in [0.15, 0.2) is 5.82 Å². The Morgan fingerprint density at radius 2 is 2.28 bits per heavy atom. The molecule has 0 saturated carbocycles. The first-order valence-corrected chi connectivity index (χ1v) is 6.42. The van der Waals surface area contributed by atoms with Crippen LogP contribution in [0.3, 0.4) is 0 Å². The predicted molar refractivity (Wildman–Crippen MR) is 72.8 cm³/mol. The average Bonchev–Trinajstić information content (AvgIpc) is 2.82. The third kappa shape index (κ3) is 2.76. The summed E-state index contributed by atoms with van der Waals surface area (Å²) in [6, 6.07) is 4.35. The summed E-state index contributed by atoms with van der Waals surface area (Å²) in [5.41, 5.74) is 2.31. The molecule has 1 N–H and O–H groups in total. The van der Waals surface area contributed by atoms with Gasteiger partial charge in [-0.15, -0.1) is 0 Å². The molecule has 0 radical (unpaired) electrons. The van der Waals surface area contributed by atoms with Gasteiger partial charge in [-0.3, -0.25) is 0 Å². The first-order valence-electron chi connectivity index (χ1n) is 6.42. The zero-order valence-electron chi connectivity index (χ0n) is 11.2. The van der Waals surface area contributed by atoms with Crippen LogP contribution in [0.1, 0.15) is 37.4 Å². The summed E-state index contributed by atoms with van der Waals surface area (Å²) in [5.74, 6) is 0.904. The molecule has 1 atom stereocenters. The first-order chi connectivity index (χ1) is 8.72. The van der Waals surface area contributed by atoms with Gasteiger partial charge in [-0.1, -0.05) is 13.0 Å². The highest BCUT2D eigenvalue weighted by Crippen LogP contribution is 2.19. The zero-order chi connectivity index (χ0) is 13.0. The Morgan fingerprint density at radius 3 is 2.94 bits per heavy atom.